The Kier molecular flexibility index (Phi) is 5.16. The van der Waals surface area contributed by atoms with Crippen molar-refractivity contribution < 1.29 is 9.90 Å². The van der Waals surface area contributed by atoms with Crippen LogP contribution in [-0.4, -0.2) is 17.1 Å². The zero-order valence-corrected chi connectivity index (χ0v) is 10.7. The molecule has 0 saturated carbocycles. The number of carbonyl (C=O) groups is 1. The Morgan fingerprint density at radius 2 is 1.88 bits per heavy atom. The first-order valence-corrected chi connectivity index (χ1v) is 6.03. The van der Waals surface area contributed by atoms with E-state index < -0.39 is 6.10 Å². The molecular weight excluding hydrogens is 214 g/mol. The number of aryl methyl sites for hydroxylation is 1. The summed E-state index contributed by atoms with van der Waals surface area (Å²) in [6.07, 6.45) is 0.454. The summed E-state index contributed by atoms with van der Waals surface area (Å²) < 4.78 is 0. The van der Waals surface area contributed by atoms with E-state index in [4.69, 9.17) is 5.11 Å². The first-order chi connectivity index (χ1) is 7.99. The van der Waals surface area contributed by atoms with Gasteiger partial charge in [0.05, 0.1) is 12.1 Å². The van der Waals surface area contributed by atoms with Gasteiger partial charge in [0.1, 0.15) is 0 Å². The SMILES string of the molecule is Cc1ccc([C@H](C)NC(=O)CCC(C)O)cc1. The summed E-state index contributed by atoms with van der Waals surface area (Å²) in [7, 11) is 0. The molecule has 1 aromatic carbocycles. The topological polar surface area (TPSA) is 49.3 Å². The molecule has 0 aliphatic heterocycles. The molecule has 3 nitrogen and oxygen atoms in total. The molecule has 0 radical (unpaired) electrons. The number of hydrogen-bond acceptors (Lipinski definition) is 2. The minimum absolute atomic E-state index is 0.0112. The van der Waals surface area contributed by atoms with Crippen molar-refractivity contribution in [2.45, 2.75) is 45.8 Å². The van der Waals surface area contributed by atoms with Crippen LogP contribution in [-0.2, 0) is 4.79 Å². The first kappa shape index (κ1) is 13.7. The molecule has 0 fully saturated rings. The van der Waals surface area contributed by atoms with E-state index in [1.54, 1.807) is 6.92 Å². The van der Waals surface area contributed by atoms with Gasteiger partial charge in [0.2, 0.25) is 5.91 Å². The molecule has 0 saturated heterocycles. The Morgan fingerprint density at radius 3 is 2.41 bits per heavy atom. The van der Waals surface area contributed by atoms with E-state index in [2.05, 4.69) is 5.32 Å². The molecule has 0 bridgehead atoms. The van der Waals surface area contributed by atoms with Gasteiger partial charge in [-0.05, 0) is 32.8 Å². The van der Waals surface area contributed by atoms with Gasteiger partial charge in [-0.25, -0.2) is 0 Å². The van der Waals surface area contributed by atoms with Crippen LogP contribution in [0.5, 0.6) is 0 Å². The number of benzene rings is 1. The minimum atomic E-state index is -0.421. The van der Waals surface area contributed by atoms with Gasteiger partial charge in [0, 0.05) is 6.42 Å². The lowest BCUT2D eigenvalue weighted by Crippen LogP contribution is -2.27. The van der Waals surface area contributed by atoms with Gasteiger partial charge in [-0.1, -0.05) is 29.8 Å². The molecule has 2 N–H and O–H groups in total. The number of aliphatic hydroxyl groups excluding tert-OH is 1. The number of rotatable bonds is 5. The average molecular weight is 235 g/mol. The van der Waals surface area contributed by atoms with Crippen LogP contribution in [0.25, 0.3) is 0 Å². The Balaban J connectivity index is 2.46. The Bertz CT molecular complexity index is 357. The molecule has 0 heterocycles. The molecule has 17 heavy (non-hydrogen) atoms. The fraction of sp³-hybridized carbons (Fsp3) is 0.500. The van der Waals surface area contributed by atoms with Crippen LogP contribution in [0, 0.1) is 6.92 Å². The van der Waals surface area contributed by atoms with Crippen LogP contribution < -0.4 is 5.32 Å². The lowest BCUT2D eigenvalue weighted by Gasteiger charge is -2.15. The molecule has 0 aromatic heterocycles. The normalized spacial score (nSPS) is 14.1. The molecule has 0 spiro atoms. The minimum Gasteiger partial charge on any atom is -0.393 e. The second-order valence-corrected chi connectivity index (χ2v) is 4.59. The Labute approximate surface area is 103 Å². The van der Waals surface area contributed by atoms with E-state index in [1.165, 1.54) is 5.56 Å². The van der Waals surface area contributed by atoms with Gasteiger partial charge in [0.15, 0.2) is 0 Å². The van der Waals surface area contributed by atoms with Crippen molar-refractivity contribution in [3.8, 4) is 0 Å². The van der Waals surface area contributed by atoms with Crippen molar-refractivity contribution in [2.75, 3.05) is 0 Å². The van der Waals surface area contributed by atoms with Crippen molar-refractivity contribution in [3.05, 3.63) is 35.4 Å². The van der Waals surface area contributed by atoms with Crippen LogP contribution in [0.15, 0.2) is 24.3 Å². The highest BCUT2D eigenvalue weighted by Gasteiger charge is 2.09. The molecular formula is C14H21NO2. The summed E-state index contributed by atoms with van der Waals surface area (Å²) in [6, 6.07) is 8.13. The zero-order chi connectivity index (χ0) is 12.8. The van der Waals surface area contributed by atoms with E-state index in [1.807, 2.05) is 38.1 Å². The van der Waals surface area contributed by atoms with E-state index >= 15 is 0 Å². The summed E-state index contributed by atoms with van der Waals surface area (Å²) in [4.78, 5) is 11.6. The maximum Gasteiger partial charge on any atom is 0.220 e. The van der Waals surface area contributed by atoms with E-state index in [0.717, 1.165) is 5.56 Å². The highest BCUT2D eigenvalue weighted by atomic mass is 16.3. The highest BCUT2D eigenvalue weighted by Crippen LogP contribution is 2.13. The Morgan fingerprint density at radius 1 is 1.29 bits per heavy atom. The smallest absolute Gasteiger partial charge is 0.220 e. The third kappa shape index (κ3) is 5.00. The lowest BCUT2D eigenvalue weighted by atomic mass is 10.1. The maximum absolute atomic E-state index is 11.6. The molecule has 1 aromatic rings. The second-order valence-electron chi connectivity index (χ2n) is 4.59. The number of nitrogens with one attached hydrogen (secondary N) is 1. The summed E-state index contributed by atoms with van der Waals surface area (Å²) in [5.74, 6) is -0.0148. The van der Waals surface area contributed by atoms with Crippen LogP contribution in [0.3, 0.4) is 0 Å². The standard InChI is InChI=1S/C14H21NO2/c1-10-4-7-13(8-5-10)12(3)15-14(17)9-6-11(2)16/h4-5,7-8,11-12,16H,6,9H2,1-3H3,(H,15,17)/t11?,12-/m0/s1. The molecule has 1 unspecified atom stereocenters. The summed E-state index contributed by atoms with van der Waals surface area (Å²) in [5.41, 5.74) is 2.31. The second kappa shape index (κ2) is 6.40. The maximum atomic E-state index is 11.6. The molecule has 2 atom stereocenters. The third-order valence-electron chi connectivity index (χ3n) is 2.74. The van der Waals surface area contributed by atoms with Crippen molar-refractivity contribution in [2.24, 2.45) is 0 Å². The largest absolute Gasteiger partial charge is 0.393 e. The van der Waals surface area contributed by atoms with Gasteiger partial charge in [-0.3, -0.25) is 4.79 Å². The molecule has 3 heteroatoms. The number of amides is 1. The fourth-order valence-corrected chi connectivity index (χ4v) is 1.59. The van der Waals surface area contributed by atoms with Gasteiger partial charge in [0.25, 0.3) is 0 Å². The summed E-state index contributed by atoms with van der Waals surface area (Å²) in [6.45, 7) is 5.69. The third-order valence-corrected chi connectivity index (χ3v) is 2.74. The lowest BCUT2D eigenvalue weighted by molar-refractivity contribution is -0.122. The monoisotopic (exact) mass is 235 g/mol. The van der Waals surface area contributed by atoms with Crippen LogP contribution in [0.4, 0.5) is 0 Å². The van der Waals surface area contributed by atoms with E-state index in [0.29, 0.717) is 12.8 Å². The van der Waals surface area contributed by atoms with Crippen molar-refractivity contribution in [3.63, 3.8) is 0 Å². The average Bonchev–Trinajstić information content (AvgIpc) is 2.27. The predicted molar refractivity (Wildman–Crippen MR) is 68.7 cm³/mol. The van der Waals surface area contributed by atoms with E-state index in [-0.39, 0.29) is 11.9 Å². The fourth-order valence-electron chi connectivity index (χ4n) is 1.59. The first-order valence-electron chi connectivity index (χ1n) is 6.03. The van der Waals surface area contributed by atoms with Gasteiger partial charge >= 0.3 is 0 Å². The van der Waals surface area contributed by atoms with Crippen molar-refractivity contribution >= 4 is 5.91 Å². The van der Waals surface area contributed by atoms with Crippen molar-refractivity contribution in [1.82, 2.24) is 5.32 Å². The van der Waals surface area contributed by atoms with Gasteiger partial charge < -0.3 is 10.4 Å². The number of aliphatic hydroxyl groups is 1. The van der Waals surface area contributed by atoms with Gasteiger partial charge in [-0.2, -0.15) is 0 Å². The predicted octanol–water partition coefficient (Wildman–Crippen LogP) is 2.33. The molecule has 0 aliphatic carbocycles. The zero-order valence-electron chi connectivity index (χ0n) is 10.7. The quantitative estimate of drug-likeness (QED) is 0.823. The van der Waals surface area contributed by atoms with Crippen LogP contribution in [0.2, 0.25) is 0 Å². The van der Waals surface area contributed by atoms with Gasteiger partial charge in [-0.15, -0.1) is 0 Å². The molecule has 1 amide bonds. The van der Waals surface area contributed by atoms with Crippen LogP contribution in [0.1, 0.15) is 43.9 Å². The molecule has 1 rings (SSSR count). The number of hydrogen-bond donors (Lipinski definition) is 2. The van der Waals surface area contributed by atoms with Crippen molar-refractivity contribution in [1.29, 1.82) is 0 Å². The number of carbonyl (C=O) groups excluding carboxylic acids is 1. The molecule has 94 valence electrons. The summed E-state index contributed by atoms with van der Waals surface area (Å²) >= 11 is 0. The van der Waals surface area contributed by atoms with E-state index in [9.17, 15) is 4.79 Å². The highest BCUT2D eigenvalue weighted by molar-refractivity contribution is 5.76. The van der Waals surface area contributed by atoms with Crippen LogP contribution >= 0.6 is 0 Å². The molecule has 0 aliphatic rings. The Hall–Kier alpha value is -1.35. The summed E-state index contributed by atoms with van der Waals surface area (Å²) in [5, 5.41) is 12.0.